The molecule has 18 heavy (non-hydrogen) atoms. The molecule has 2 aromatic heterocycles. The SMILES string of the molecule is O=C(O)c1ccc(C(=O)NCc2ncc[nH]2)nc1. The number of hydrogen-bond donors (Lipinski definition) is 3. The Kier molecular flexibility index (Phi) is 3.33. The summed E-state index contributed by atoms with van der Waals surface area (Å²) in [4.78, 5) is 32.8. The lowest BCUT2D eigenvalue weighted by molar-refractivity contribution is 0.0695. The van der Waals surface area contributed by atoms with Crippen molar-refractivity contribution >= 4 is 11.9 Å². The first-order chi connectivity index (χ1) is 8.66. The number of carboxylic acids is 1. The lowest BCUT2D eigenvalue weighted by atomic mass is 10.2. The molecule has 0 saturated carbocycles. The summed E-state index contributed by atoms with van der Waals surface area (Å²) in [6.45, 7) is 0.258. The Morgan fingerprint density at radius 3 is 2.72 bits per heavy atom. The molecule has 7 heteroatoms. The number of aromatic nitrogens is 3. The summed E-state index contributed by atoms with van der Waals surface area (Å²) in [5.74, 6) is -0.834. The highest BCUT2D eigenvalue weighted by Gasteiger charge is 2.09. The Labute approximate surface area is 102 Å². The van der Waals surface area contributed by atoms with Crippen molar-refractivity contribution in [3.63, 3.8) is 0 Å². The third kappa shape index (κ3) is 2.70. The number of amides is 1. The fourth-order valence-electron chi connectivity index (χ4n) is 1.30. The topological polar surface area (TPSA) is 108 Å². The number of rotatable bonds is 4. The minimum atomic E-state index is -1.08. The van der Waals surface area contributed by atoms with Crippen LogP contribution in [-0.4, -0.2) is 31.9 Å². The van der Waals surface area contributed by atoms with Crippen LogP contribution in [0.5, 0.6) is 0 Å². The van der Waals surface area contributed by atoms with Crippen LogP contribution in [-0.2, 0) is 6.54 Å². The summed E-state index contributed by atoms with van der Waals surface area (Å²) < 4.78 is 0. The third-order valence-corrected chi connectivity index (χ3v) is 2.21. The molecule has 0 unspecified atom stereocenters. The van der Waals surface area contributed by atoms with E-state index in [2.05, 4.69) is 20.3 Å². The van der Waals surface area contributed by atoms with Crippen LogP contribution in [0.25, 0.3) is 0 Å². The van der Waals surface area contributed by atoms with Crippen LogP contribution >= 0.6 is 0 Å². The van der Waals surface area contributed by atoms with Gasteiger partial charge in [0.1, 0.15) is 11.5 Å². The molecular weight excluding hydrogens is 236 g/mol. The number of aromatic carboxylic acids is 1. The van der Waals surface area contributed by atoms with Gasteiger partial charge in [-0.2, -0.15) is 0 Å². The molecule has 0 aliphatic rings. The normalized spacial score (nSPS) is 10.0. The van der Waals surface area contributed by atoms with Crippen LogP contribution in [0.1, 0.15) is 26.7 Å². The molecule has 2 aromatic rings. The van der Waals surface area contributed by atoms with Gasteiger partial charge in [0.15, 0.2) is 0 Å². The van der Waals surface area contributed by atoms with E-state index in [0.717, 1.165) is 6.20 Å². The van der Waals surface area contributed by atoms with Gasteiger partial charge in [-0.1, -0.05) is 0 Å². The van der Waals surface area contributed by atoms with Gasteiger partial charge in [0.25, 0.3) is 5.91 Å². The van der Waals surface area contributed by atoms with E-state index in [1.165, 1.54) is 12.1 Å². The van der Waals surface area contributed by atoms with Crippen molar-refractivity contribution in [2.24, 2.45) is 0 Å². The summed E-state index contributed by atoms with van der Waals surface area (Å²) in [5, 5.41) is 11.3. The van der Waals surface area contributed by atoms with Gasteiger partial charge in [0.2, 0.25) is 0 Å². The molecule has 92 valence electrons. The lowest BCUT2D eigenvalue weighted by Crippen LogP contribution is -2.24. The smallest absolute Gasteiger partial charge is 0.337 e. The Morgan fingerprint density at radius 1 is 1.33 bits per heavy atom. The van der Waals surface area contributed by atoms with Gasteiger partial charge in [0, 0.05) is 18.6 Å². The maximum Gasteiger partial charge on any atom is 0.337 e. The standard InChI is InChI=1S/C11H10N4O3/c16-10(15-6-9-12-3-4-13-9)8-2-1-7(5-14-8)11(17)18/h1-5H,6H2,(H,12,13)(H,15,16)(H,17,18). The van der Waals surface area contributed by atoms with E-state index >= 15 is 0 Å². The van der Waals surface area contributed by atoms with E-state index in [1.807, 2.05) is 0 Å². The van der Waals surface area contributed by atoms with E-state index < -0.39 is 5.97 Å². The molecule has 0 atom stereocenters. The highest BCUT2D eigenvalue weighted by molar-refractivity contribution is 5.93. The second kappa shape index (κ2) is 5.09. The number of hydrogen-bond acceptors (Lipinski definition) is 4. The predicted molar refractivity (Wildman–Crippen MR) is 61.0 cm³/mol. The summed E-state index contributed by atoms with van der Waals surface area (Å²) >= 11 is 0. The van der Waals surface area contributed by atoms with Crippen LogP contribution in [0.4, 0.5) is 0 Å². The number of imidazole rings is 1. The number of H-pyrrole nitrogens is 1. The first-order valence-electron chi connectivity index (χ1n) is 5.12. The van der Waals surface area contributed by atoms with Gasteiger partial charge < -0.3 is 15.4 Å². The van der Waals surface area contributed by atoms with Gasteiger partial charge in [0.05, 0.1) is 12.1 Å². The average molecular weight is 246 g/mol. The highest BCUT2D eigenvalue weighted by Crippen LogP contribution is 2.00. The van der Waals surface area contributed by atoms with E-state index in [4.69, 9.17) is 5.11 Å². The van der Waals surface area contributed by atoms with Crippen LogP contribution in [0, 0.1) is 0 Å². The molecule has 0 bridgehead atoms. The van der Waals surface area contributed by atoms with Crippen LogP contribution in [0.15, 0.2) is 30.7 Å². The Hall–Kier alpha value is -2.70. The Morgan fingerprint density at radius 2 is 2.17 bits per heavy atom. The van der Waals surface area contributed by atoms with Gasteiger partial charge >= 0.3 is 5.97 Å². The zero-order valence-electron chi connectivity index (χ0n) is 9.25. The van der Waals surface area contributed by atoms with E-state index in [-0.39, 0.29) is 23.7 Å². The van der Waals surface area contributed by atoms with Crippen LogP contribution < -0.4 is 5.32 Å². The molecule has 0 aliphatic carbocycles. The van der Waals surface area contributed by atoms with Crippen LogP contribution in [0.2, 0.25) is 0 Å². The molecule has 2 heterocycles. The minimum Gasteiger partial charge on any atom is -0.478 e. The van der Waals surface area contributed by atoms with Gasteiger partial charge in [-0.3, -0.25) is 9.78 Å². The van der Waals surface area contributed by atoms with E-state index in [0.29, 0.717) is 5.82 Å². The fourth-order valence-corrected chi connectivity index (χ4v) is 1.30. The quantitative estimate of drug-likeness (QED) is 0.725. The summed E-state index contributed by atoms with van der Waals surface area (Å²) in [5.41, 5.74) is 0.198. The molecule has 3 N–H and O–H groups in total. The number of aromatic amines is 1. The predicted octanol–water partition coefficient (Wildman–Crippen LogP) is 0.433. The molecule has 0 saturated heterocycles. The average Bonchev–Trinajstić information content (AvgIpc) is 2.89. The second-order valence-corrected chi connectivity index (χ2v) is 3.46. The highest BCUT2D eigenvalue weighted by atomic mass is 16.4. The van der Waals surface area contributed by atoms with Crippen molar-refractivity contribution in [2.45, 2.75) is 6.54 Å². The van der Waals surface area contributed by atoms with Crippen molar-refractivity contribution in [2.75, 3.05) is 0 Å². The second-order valence-electron chi connectivity index (χ2n) is 3.46. The third-order valence-electron chi connectivity index (χ3n) is 2.21. The molecule has 0 fully saturated rings. The van der Waals surface area contributed by atoms with Crippen molar-refractivity contribution in [3.05, 3.63) is 47.8 Å². The number of nitrogens with one attached hydrogen (secondary N) is 2. The molecule has 7 nitrogen and oxygen atoms in total. The first kappa shape index (κ1) is 11.8. The number of nitrogens with zero attached hydrogens (tertiary/aromatic N) is 2. The Balaban J connectivity index is 1.98. The number of carbonyl (C=O) groups excluding carboxylic acids is 1. The lowest BCUT2D eigenvalue weighted by Gasteiger charge is -2.02. The fraction of sp³-hybridized carbons (Fsp3) is 0.0909. The Bertz CT molecular complexity index is 548. The van der Waals surface area contributed by atoms with E-state index in [9.17, 15) is 9.59 Å². The maximum absolute atomic E-state index is 11.7. The first-order valence-corrected chi connectivity index (χ1v) is 5.12. The van der Waals surface area contributed by atoms with Crippen molar-refractivity contribution in [3.8, 4) is 0 Å². The van der Waals surface area contributed by atoms with Gasteiger partial charge in [-0.05, 0) is 12.1 Å². The van der Waals surface area contributed by atoms with Crippen molar-refractivity contribution in [1.29, 1.82) is 0 Å². The van der Waals surface area contributed by atoms with E-state index in [1.54, 1.807) is 12.4 Å². The number of carboxylic acid groups (broad SMARTS) is 1. The van der Waals surface area contributed by atoms with Gasteiger partial charge in [-0.25, -0.2) is 9.78 Å². The molecule has 0 radical (unpaired) electrons. The summed E-state index contributed by atoms with van der Waals surface area (Å²) in [6, 6.07) is 2.69. The molecular formula is C11H10N4O3. The number of carbonyl (C=O) groups is 2. The maximum atomic E-state index is 11.7. The molecule has 1 amide bonds. The molecule has 2 rings (SSSR count). The van der Waals surface area contributed by atoms with Crippen molar-refractivity contribution in [1.82, 2.24) is 20.3 Å². The molecule has 0 aromatic carbocycles. The molecule has 0 spiro atoms. The number of pyridine rings is 1. The monoisotopic (exact) mass is 246 g/mol. The zero-order chi connectivity index (χ0) is 13.0. The van der Waals surface area contributed by atoms with Crippen molar-refractivity contribution < 1.29 is 14.7 Å². The summed E-state index contributed by atoms with van der Waals surface area (Å²) in [6.07, 6.45) is 4.38. The largest absolute Gasteiger partial charge is 0.478 e. The zero-order valence-corrected chi connectivity index (χ0v) is 9.25. The summed E-state index contributed by atoms with van der Waals surface area (Å²) in [7, 11) is 0. The minimum absolute atomic E-state index is 0.0394. The van der Waals surface area contributed by atoms with Crippen LogP contribution in [0.3, 0.4) is 0 Å². The van der Waals surface area contributed by atoms with Gasteiger partial charge in [-0.15, -0.1) is 0 Å². The molecule has 0 aliphatic heterocycles.